The summed E-state index contributed by atoms with van der Waals surface area (Å²) in [4.78, 5) is 2.80. The molecule has 0 aliphatic heterocycles. The Morgan fingerprint density at radius 1 is 1.55 bits per heavy atom. The predicted molar refractivity (Wildman–Crippen MR) is 51.1 cm³/mol. The molecule has 0 aromatic carbocycles. The smallest absolute Gasteiger partial charge is 0.00513 e. The monoisotopic (exact) mass is 169 g/mol. The molecule has 1 heterocycles. The van der Waals surface area contributed by atoms with Crippen molar-refractivity contribution in [3.63, 3.8) is 0 Å². The summed E-state index contributed by atoms with van der Waals surface area (Å²) in [6, 6.07) is 2.52. The van der Waals surface area contributed by atoms with E-state index in [4.69, 9.17) is 5.73 Å². The van der Waals surface area contributed by atoms with E-state index in [0.717, 1.165) is 6.42 Å². The van der Waals surface area contributed by atoms with Gasteiger partial charge in [-0.05, 0) is 38.8 Å². The van der Waals surface area contributed by atoms with Crippen LogP contribution >= 0.6 is 11.3 Å². The quantitative estimate of drug-likeness (QED) is 0.722. The van der Waals surface area contributed by atoms with Crippen molar-refractivity contribution in [1.82, 2.24) is 0 Å². The highest BCUT2D eigenvalue weighted by molar-refractivity contribution is 7.12. The number of nitrogens with two attached hydrogens (primary N) is 1. The van der Waals surface area contributed by atoms with Crippen LogP contribution in [0.25, 0.3) is 0 Å². The number of thiophene rings is 1. The van der Waals surface area contributed by atoms with E-state index in [2.05, 4.69) is 19.9 Å². The molecule has 1 atom stereocenters. The number of rotatable bonds is 2. The van der Waals surface area contributed by atoms with Gasteiger partial charge in [-0.2, -0.15) is 0 Å². The van der Waals surface area contributed by atoms with E-state index < -0.39 is 0 Å². The zero-order valence-corrected chi connectivity index (χ0v) is 8.16. The summed E-state index contributed by atoms with van der Waals surface area (Å²) >= 11 is 1.86. The van der Waals surface area contributed by atoms with Crippen LogP contribution < -0.4 is 5.73 Å². The standard InChI is InChI=1S/C9H15NS/c1-6(10)4-9-5-7(2)11-8(9)3/h5-6H,4,10H2,1-3H3/t6-/m0/s1. The molecule has 2 N–H and O–H groups in total. The lowest BCUT2D eigenvalue weighted by atomic mass is 10.1. The molecule has 0 unspecified atom stereocenters. The second-order valence-electron chi connectivity index (χ2n) is 3.12. The van der Waals surface area contributed by atoms with Crippen LogP contribution in [0.2, 0.25) is 0 Å². The van der Waals surface area contributed by atoms with Gasteiger partial charge in [0.15, 0.2) is 0 Å². The van der Waals surface area contributed by atoms with Crippen molar-refractivity contribution in [2.24, 2.45) is 5.73 Å². The highest BCUT2D eigenvalue weighted by Crippen LogP contribution is 2.21. The van der Waals surface area contributed by atoms with E-state index in [0.29, 0.717) is 0 Å². The summed E-state index contributed by atoms with van der Waals surface area (Å²) in [5.41, 5.74) is 7.13. The normalized spacial score (nSPS) is 13.5. The van der Waals surface area contributed by atoms with Gasteiger partial charge in [-0.1, -0.05) is 0 Å². The van der Waals surface area contributed by atoms with Crippen LogP contribution in [0.3, 0.4) is 0 Å². The van der Waals surface area contributed by atoms with Crippen LogP contribution in [0.1, 0.15) is 22.2 Å². The van der Waals surface area contributed by atoms with Gasteiger partial charge in [-0.3, -0.25) is 0 Å². The van der Waals surface area contributed by atoms with Crippen LogP contribution in [0.15, 0.2) is 6.07 Å². The van der Waals surface area contributed by atoms with E-state index in [9.17, 15) is 0 Å². The third-order valence-electron chi connectivity index (χ3n) is 1.69. The first-order valence-electron chi connectivity index (χ1n) is 3.91. The fourth-order valence-corrected chi connectivity index (χ4v) is 2.19. The maximum absolute atomic E-state index is 5.71. The SMILES string of the molecule is Cc1cc(C[C@H](C)N)c(C)s1. The Balaban J connectivity index is 2.77. The Hall–Kier alpha value is -0.340. The third kappa shape index (κ3) is 2.31. The van der Waals surface area contributed by atoms with Crippen LogP contribution in [0.4, 0.5) is 0 Å². The minimum absolute atomic E-state index is 0.280. The number of hydrogen-bond acceptors (Lipinski definition) is 2. The van der Waals surface area contributed by atoms with E-state index in [1.54, 1.807) is 0 Å². The van der Waals surface area contributed by atoms with Crippen LogP contribution in [-0.4, -0.2) is 6.04 Å². The molecule has 2 heteroatoms. The van der Waals surface area contributed by atoms with Gasteiger partial charge in [-0.25, -0.2) is 0 Å². The highest BCUT2D eigenvalue weighted by atomic mass is 32.1. The summed E-state index contributed by atoms with van der Waals surface area (Å²) < 4.78 is 0. The number of aryl methyl sites for hydroxylation is 2. The Kier molecular flexibility index (Phi) is 2.68. The van der Waals surface area contributed by atoms with Crippen LogP contribution in [0, 0.1) is 13.8 Å². The Morgan fingerprint density at radius 2 is 2.18 bits per heavy atom. The Labute approximate surface area is 72.2 Å². The average molecular weight is 169 g/mol. The summed E-state index contributed by atoms with van der Waals surface area (Å²) in [7, 11) is 0. The predicted octanol–water partition coefficient (Wildman–Crippen LogP) is 2.25. The molecule has 1 aromatic rings. The summed E-state index contributed by atoms with van der Waals surface area (Å²) in [5.74, 6) is 0. The molecule has 62 valence electrons. The second-order valence-corrected chi connectivity index (χ2v) is 4.58. The van der Waals surface area contributed by atoms with Crippen molar-refractivity contribution in [3.8, 4) is 0 Å². The van der Waals surface area contributed by atoms with Gasteiger partial charge in [0.25, 0.3) is 0 Å². The highest BCUT2D eigenvalue weighted by Gasteiger charge is 2.04. The summed E-state index contributed by atoms with van der Waals surface area (Å²) in [6.45, 7) is 6.35. The van der Waals surface area contributed by atoms with Crippen molar-refractivity contribution in [2.75, 3.05) is 0 Å². The maximum Gasteiger partial charge on any atom is 0.00513 e. The van der Waals surface area contributed by atoms with E-state index in [1.807, 2.05) is 18.3 Å². The van der Waals surface area contributed by atoms with Gasteiger partial charge >= 0.3 is 0 Å². The summed E-state index contributed by atoms with van der Waals surface area (Å²) in [5, 5.41) is 0. The first kappa shape index (κ1) is 8.75. The molecule has 0 saturated carbocycles. The molecule has 0 bridgehead atoms. The zero-order valence-electron chi connectivity index (χ0n) is 7.35. The molecule has 0 spiro atoms. The molecule has 0 aliphatic carbocycles. The molecule has 0 aliphatic rings. The summed E-state index contributed by atoms with van der Waals surface area (Å²) in [6.07, 6.45) is 1.01. The average Bonchev–Trinajstić information content (AvgIpc) is 2.09. The van der Waals surface area contributed by atoms with Crippen LogP contribution in [-0.2, 0) is 6.42 Å². The first-order chi connectivity index (χ1) is 5.09. The van der Waals surface area contributed by atoms with Gasteiger partial charge in [0, 0.05) is 15.8 Å². The molecule has 1 aromatic heterocycles. The number of hydrogen-bond donors (Lipinski definition) is 1. The lowest BCUT2D eigenvalue weighted by molar-refractivity contribution is 0.737. The van der Waals surface area contributed by atoms with Gasteiger partial charge in [0.1, 0.15) is 0 Å². The Bertz CT molecular complexity index is 238. The van der Waals surface area contributed by atoms with Crippen molar-refractivity contribution in [1.29, 1.82) is 0 Å². The lowest BCUT2D eigenvalue weighted by Gasteiger charge is -2.02. The first-order valence-corrected chi connectivity index (χ1v) is 4.72. The molecule has 1 nitrogen and oxygen atoms in total. The van der Waals surface area contributed by atoms with Gasteiger partial charge < -0.3 is 5.73 Å². The maximum atomic E-state index is 5.71. The molecule has 0 amide bonds. The zero-order chi connectivity index (χ0) is 8.43. The van der Waals surface area contributed by atoms with Crippen molar-refractivity contribution in [3.05, 3.63) is 21.4 Å². The van der Waals surface area contributed by atoms with Crippen molar-refractivity contribution >= 4 is 11.3 Å². The van der Waals surface area contributed by atoms with Gasteiger partial charge in [0.2, 0.25) is 0 Å². The topological polar surface area (TPSA) is 26.0 Å². The third-order valence-corrected chi connectivity index (χ3v) is 2.69. The minimum atomic E-state index is 0.280. The Morgan fingerprint density at radius 3 is 2.55 bits per heavy atom. The van der Waals surface area contributed by atoms with Crippen molar-refractivity contribution < 1.29 is 0 Å². The van der Waals surface area contributed by atoms with Crippen LogP contribution in [0.5, 0.6) is 0 Å². The lowest BCUT2D eigenvalue weighted by Crippen LogP contribution is -2.17. The van der Waals surface area contributed by atoms with E-state index >= 15 is 0 Å². The molecular formula is C9H15NS. The molecule has 0 saturated heterocycles. The van der Waals surface area contributed by atoms with E-state index in [-0.39, 0.29) is 6.04 Å². The molecule has 11 heavy (non-hydrogen) atoms. The molecule has 0 fully saturated rings. The largest absolute Gasteiger partial charge is 0.328 e. The molecule has 1 rings (SSSR count). The van der Waals surface area contributed by atoms with Crippen molar-refractivity contribution in [2.45, 2.75) is 33.2 Å². The fourth-order valence-electron chi connectivity index (χ4n) is 1.23. The van der Waals surface area contributed by atoms with Gasteiger partial charge in [0.05, 0.1) is 0 Å². The minimum Gasteiger partial charge on any atom is -0.328 e. The molecular weight excluding hydrogens is 154 g/mol. The van der Waals surface area contributed by atoms with E-state index in [1.165, 1.54) is 15.3 Å². The molecule has 0 radical (unpaired) electrons. The van der Waals surface area contributed by atoms with Gasteiger partial charge in [-0.15, -0.1) is 11.3 Å². The fraction of sp³-hybridized carbons (Fsp3) is 0.556. The second kappa shape index (κ2) is 3.37.